The van der Waals surface area contributed by atoms with E-state index in [2.05, 4.69) is 38.4 Å². The average molecular weight is 318 g/mol. The van der Waals surface area contributed by atoms with Crippen LogP contribution in [0.1, 0.15) is 24.1 Å². The van der Waals surface area contributed by atoms with Gasteiger partial charge in [-0.1, -0.05) is 28.1 Å². The molecule has 0 amide bonds. The monoisotopic (exact) mass is 317 g/mol. The Bertz CT molecular complexity index is 593. The Labute approximate surface area is 121 Å². The SMILES string of the molecule is CNc1nc(-c2cccc(Br)c2)nc2c1CCCC2. The van der Waals surface area contributed by atoms with Crippen LogP contribution in [0.25, 0.3) is 11.4 Å². The molecule has 0 atom stereocenters. The standard InChI is InChI=1S/C15H16BrN3/c1-17-15-12-7-2-3-8-13(12)18-14(19-15)10-5-4-6-11(16)9-10/h4-6,9H,2-3,7-8H2,1H3,(H,17,18,19). The Morgan fingerprint density at radius 3 is 2.79 bits per heavy atom. The Kier molecular flexibility index (Phi) is 3.51. The van der Waals surface area contributed by atoms with Gasteiger partial charge in [0, 0.05) is 28.3 Å². The second-order valence-corrected chi connectivity index (χ2v) is 5.70. The number of hydrogen-bond acceptors (Lipinski definition) is 3. The average Bonchev–Trinajstić information content (AvgIpc) is 2.46. The third kappa shape index (κ3) is 2.50. The number of halogens is 1. The zero-order chi connectivity index (χ0) is 13.2. The number of anilines is 1. The van der Waals surface area contributed by atoms with Crippen molar-refractivity contribution in [3.63, 3.8) is 0 Å². The number of nitrogens with zero attached hydrogens (tertiary/aromatic N) is 2. The Morgan fingerprint density at radius 2 is 2.00 bits per heavy atom. The molecule has 1 aromatic carbocycles. The molecule has 0 fully saturated rings. The van der Waals surface area contributed by atoms with E-state index in [4.69, 9.17) is 4.98 Å². The summed E-state index contributed by atoms with van der Waals surface area (Å²) in [5.41, 5.74) is 3.56. The zero-order valence-electron chi connectivity index (χ0n) is 10.9. The molecule has 0 unspecified atom stereocenters. The largest absolute Gasteiger partial charge is 0.373 e. The summed E-state index contributed by atoms with van der Waals surface area (Å²) in [5, 5.41) is 3.22. The third-order valence-corrected chi connectivity index (χ3v) is 4.00. The highest BCUT2D eigenvalue weighted by Gasteiger charge is 2.17. The molecule has 3 nitrogen and oxygen atoms in total. The van der Waals surface area contributed by atoms with Crippen LogP contribution in [0.5, 0.6) is 0 Å². The van der Waals surface area contributed by atoms with E-state index in [1.54, 1.807) is 0 Å². The molecular formula is C15H16BrN3. The number of nitrogens with one attached hydrogen (secondary N) is 1. The minimum absolute atomic E-state index is 0.811. The van der Waals surface area contributed by atoms with E-state index in [9.17, 15) is 0 Å². The summed E-state index contributed by atoms with van der Waals surface area (Å²) >= 11 is 3.50. The molecule has 3 rings (SSSR count). The van der Waals surface area contributed by atoms with Crippen molar-refractivity contribution < 1.29 is 0 Å². The smallest absolute Gasteiger partial charge is 0.161 e. The molecule has 0 aliphatic heterocycles. The van der Waals surface area contributed by atoms with Gasteiger partial charge in [-0.3, -0.25) is 0 Å². The molecule has 19 heavy (non-hydrogen) atoms. The first-order chi connectivity index (χ1) is 9.28. The van der Waals surface area contributed by atoms with Crippen LogP contribution in [-0.4, -0.2) is 17.0 Å². The minimum atomic E-state index is 0.811. The van der Waals surface area contributed by atoms with Crippen molar-refractivity contribution >= 4 is 21.7 Å². The van der Waals surface area contributed by atoms with Gasteiger partial charge in [-0.2, -0.15) is 0 Å². The maximum atomic E-state index is 4.76. The van der Waals surface area contributed by atoms with Gasteiger partial charge in [0.1, 0.15) is 5.82 Å². The van der Waals surface area contributed by atoms with Gasteiger partial charge in [0.2, 0.25) is 0 Å². The molecule has 1 aromatic heterocycles. The van der Waals surface area contributed by atoms with E-state index < -0.39 is 0 Å². The lowest BCUT2D eigenvalue weighted by molar-refractivity contribution is 0.665. The maximum absolute atomic E-state index is 4.76. The van der Waals surface area contributed by atoms with Gasteiger partial charge in [-0.05, 0) is 37.8 Å². The van der Waals surface area contributed by atoms with Crippen LogP contribution in [0.3, 0.4) is 0 Å². The number of fused-ring (bicyclic) bond motifs is 1. The number of aryl methyl sites for hydroxylation is 1. The molecule has 0 bridgehead atoms. The Hall–Kier alpha value is -1.42. The van der Waals surface area contributed by atoms with Gasteiger partial charge in [-0.15, -0.1) is 0 Å². The highest BCUT2D eigenvalue weighted by molar-refractivity contribution is 9.10. The molecule has 0 spiro atoms. The van der Waals surface area contributed by atoms with E-state index in [0.29, 0.717) is 0 Å². The van der Waals surface area contributed by atoms with Crippen LogP contribution in [0, 0.1) is 0 Å². The first kappa shape index (κ1) is 12.6. The molecule has 0 saturated heterocycles. The van der Waals surface area contributed by atoms with Crippen molar-refractivity contribution in [2.24, 2.45) is 0 Å². The molecule has 0 radical (unpaired) electrons. The second kappa shape index (κ2) is 5.29. The predicted octanol–water partition coefficient (Wildman–Crippen LogP) is 3.83. The molecule has 1 N–H and O–H groups in total. The number of hydrogen-bond donors (Lipinski definition) is 1. The van der Waals surface area contributed by atoms with Gasteiger partial charge >= 0.3 is 0 Å². The third-order valence-electron chi connectivity index (χ3n) is 3.50. The summed E-state index contributed by atoms with van der Waals surface area (Å²) in [4.78, 5) is 9.43. The molecule has 4 heteroatoms. The normalized spacial score (nSPS) is 14.0. The minimum Gasteiger partial charge on any atom is -0.373 e. The molecule has 1 aliphatic carbocycles. The number of benzene rings is 1. The van der Waals surface area contributed by atoms with Crippen LogP contribution in [0.15, 0.2) is 28.7 Å². The summed E-state index contributed by atoms with van der Waals surface area (Å²) < 4.78 is 1.05. The van der Waals surface area contributed by atoms with Gasteiger partial charge in [0.15, 0.2) is 5.82 Å². The van der Waals surface area contributed by atoms with Gasteiger partial charge < -0.3 is 5.32 Å². The lowest BCUT2D eigenvalue weighted by Crippen LogP contribution is -2.11. The second-order valence-electron chi connectivity index (χ2n) is 4.79. The summed E-state index contributed by atoms with van der Waals surface area (Å²) in [6.45, 7) is 0. The maximum Gasteiger partial charge on any atom is 0.161 e. The quantitative estimate of drug-likeness (QED) is 0.914. The van der Waals surface area contributed by atoms with E-state index in [1.807, 2.05) is 19.2 Å². The fourth-order valence-corrected chi connectivity index (χ4v) is 2.96. The fourth-order valence-electron chi connectivity index (χ4n) is 2.56. The topological polar surface area (TPSA) is 37.8 Å². The Balaban J connectivity index is 2.12. The van der Waals surface area contributed by atoms with Gasteiger partial charge in [-0.25, -0.2) is 9.97 Å². The molecule has 1 heterocycles. The fraction of sp³-hybridized carbons (Fsp3) is 0.333. The summed E-state index contributed by atoms with van der Waals surface area (Å²) in [5.74, 6) is 1.80. The summed E-state index contributed by atoms with van der Waals surface area (Å²) in [6, 6.07) is 8.14. The van der Waals surface area contributed by atoms with Crippen LogP contribution in [0.2, 0.25) is 0 Å². The van der Waals surface area contributed by atoms with E-state index in [1.165, 1.54) is 24.1 Å². The molecule has 1 aliphatic rings. The van der Waals surface area contributed by atoms with E-state index in [0.717, 1.165) is 34.5 Å². The van der Waals surface area contributed by atoms with Gasteiger partial charge in [0.05, 0.1) is 0 Å². The van der Waals surface area contributed by atoms with Crippen molar-refractivity contribution in [2.75, 3.05) is 12.4 Å². The molecular weight excluding hydrogens is 302 g/mol. The number of aromatic nitrogens is 2. The van der Waals surface area contributed by atoms with Crippen molar-refractivity contribution in [3.8, 4) is 11.4 Å². The van der Waals surface area contributed by atoms with E-state index in [-0.39, 0.29) is 0 Å². The lowest BCUT2D eigenvalue weighted by atomic mass is 9.96. The molecule has 98 valence electrons. The van der Waals surface area contributed by atoms with Crippen molar-refractivity contribution in [1.82, 2.24) is 9.97 Å². The lowest BCUT2D eigenvalue weighted by Gasteiger charge is -2.18. The zero-order valence-corrected chi connectivity index (χ0v) is 12.5. The summed E-state index contributed by atoms with van der Waals surface area (Å²) in [6.07, 6.45) is 4.62. The van der Waals surface area contributed by atoms with Gasteiger partial charge in [0.25, 0.3) is 0 Å². The van der Waals surface area contributed by atoms with Crippen molar-refractivity contribution in [2.45, 2.75) is 25.7 Å². The first-order valence-electron chi connectivity index (χ1n) is 6.61. The number of rotatable bonds is 2. The predicted molar refractivity (Wildman–Crippen MR) is 81.4 cm³/mol. The highest BCUT2D eigenvalue weighted by atomic mass is 79.9. The van der Waals surface area contributed by atoms with Crippen molar-refractivity contribution in [1.29, 1.82) is 0 Å². The van der Waals surface area contributed by atoms with Crippen LogP contribution < -0.4 is 5.32 Å². The summed E-state index contributed by atoms with van der Waals surface area (Å²) in [7, 11) is 1.93. The molecule has 2 aromatic rings. The first-order valence-corrected chi connectivity index (χ1v) is 7.40. The Morgan fingerprint density at radius 1 is 1.16 bits per heavy atom. The van der Waals surface area contributed by atoms with Crippen molar-refractivity contribution in [3.05, 3.63) is 40.0 Å². The van der Waals surface area contributed by atoms with Crippen LogP contribution in [0.4, 0.5) is 5.82 Å². The highest BCUT2D eigenvalue weighted by Crippen LogP contribution is 2.28. The van der Waals surface area contributed by atoms with Crippen LogP contribution in [-0.2, 0) is 12.8 Å². The molecule has 0 saturated carbocycles. The van der Waals surface area contributed by atoms with E-state index >= 15 is 0 Å². The van der Waals surface area contributed by atoms with Crippen LogP contribution >= 0.6 is 15.9 Å².